The van der Waals surface area contributed by atoms with Crippen molar-refractivity contribution in [2.24, 2.45) is 5.73 Å². The Balaban J connectivity index is 2.06. The Kier molecular flexibility index (Phi) is 4.37. The molecule has 0 aromatic heterocycles. The lowest BCUT2D eigenvalue weighted by Gasteiger charge is -2.35. The lowest BCUT2D eigenvalue weighted by Crippen LogP contribution is -2.48. The largest absolute Gasteiger partial charge is 0.371 e. The van der Waals surface area contributed by atoms with Crippen LogP contribution in [0, 0.1) is 0 Å². The molecule has 1 aromatic rings. The second kappa shape index (κ2) is 5.82. The van der Waals surface area contributed by atoms with Gasteiger partial charge in [0, 0.05) is 17.6 Å². The van der Waals surface area contributed by atoms with Gasteiger partial charge in [-0.15, -0.1) is 0 Å². The zero-order valence-corrected chi connectivity index (χ0v) is 11.9. The highest BCUT2D eigenvalue weighted by Gasteiger charge is 2.27. The van der Waals surface area contributed by atoms with Gasteiger partial charge in [-0.3, -0.25) is 9.69 Å². The fourth-order valence-electron chi connectivity index (χ4n) is 2.08. The zero-order chi connectivity index (χ0) is 13.1. The molecule has 0 unspecified atom stereocenters. The van der Waals surface area contributed by atoms with Gasteiger partial charge in [0.15, 0.2) is 0 Å². The number of rotatable bonds is 3. The molecule has 98 valence electrons. The van der Waals surface area contributed by atoms with Gasteiger partial charge in [-0.1, -0.05) is 28.1 Å². The normalized spacial score (nSPS) is 22.7. The molecule has 1 fully saturated rings. The van der Waals surface area contributed by atoms with Crippen molar-refractivity contribution in [1.29, 1.82) is 0 Å². The van der Waals surface area contributed by atoms with Crippen molar-refractivity contribution in [1.82, 2.24) is 4.90 Å². The number of nitrogens with two attached hydrogens (primary N) is 1. The number of morpholine rings is 1. The summed E-state index contributed by atoms with van der Waals surface area (Å²) in [4.78, 5) is 13.3. The smallest absolute Gasteiger partial charge is 0.234 e. The first-order valence-corrected chi connectivity index (χ1v) is 6.77. The molecule has 1 aliphatic heterocycles. The molecular weight excluding hydrogens is 296 g/mol. The average Bonchev–Trinajstić information content (AvgIpc) is 2.38. The second-order valence-corrected chi connectivity index (χ2v) is 5.40. The molecule has 1 saturated heterocycles. The van der Waals surface area contributed by atoms with Crippen LogP contribution in [0.3, 0.4) is 0 Å². The van der Waals surface area contributed by atoms with Crippen LogP contribution in [0.25, 0.3) is 0 Å². The number of hydrogen-bond acceptors (Lipinski definition) is 3. The summed E-state index contributed by atoms with van der Waals surface area (Å²) in [5.74, 6) is -0.286. The van der Waals surface area contributed by atoms with E-state index in [2.05, 4.69) is 20.8 Å². The molecule has 0 aliphatic carbocycles. The fourth-order valence-corrected chi connectivity index (χ4v) is 2.34. The highest BCUT2D eigenvalue weighted by atomic mass is 79.9. The maximum Gasteiger partial charge on any atom is 0.234 e. The van der Waals surface area contributed by atoms with Crippen molar-refractivity contribution in [3.63, 3.8) is 0 Å². The standard InChI is InChI=1S/C13H17BrN2O2/c1-9(13(15)17)16-6-7-18-12(8-16)10-2-4-11(14)5-3-10/h2-5,9,12H,6-8H2,1H3,(H2,15,17)/t9-,12+/m0/s1. The maximum absolute atomic E-state index is 11.2. The minimum absolute atomic E-state index is 0.00801. The van der Waals surface area contributed by atoms with Crippen molar-refractivity contribution in [3.05, 3.63) is 34.3 Å². The van der Waals surface area contributed by atoms with Gasteiger partial charge in [-0.25, -0.2) is 0 Å². The molecule has 0 radical (unpaired) electrons. The van der Waals surface area contributed by atoms with E-state index in [0.717, 1.165) is 16.6 Å². The molecule has 2 atom stereocenters. The van der Waals surface area contributed by atoms with Crippen molar-refractivity contribution < 1.29 is 9.53 Å². The number of halogens is 1. The van der Waals surface area contributed by atoms with E-state index in [1.54, 1.807) is 0 Å². The first-order valence-electron chi connectivity index (χ1n) is 5.98. The van der Waals surface area contributed by atoms with Crippen LogP contribution in [-0.2, 0) is 9.53 Å². The Labute approximate surface area is 115 Å². The van der Waals surface area contributed by atoms with Crippen LogP contribution < -0.4 is 5.73 Å². The number of benzene rings is 1. The molecule has 0 spiro atoms. The van der Waals surface area contributed by atoms with Crippen molar-refractivity contribution in [3.8, 4) is 0 Å². The van der Waals surface area contributed by atoms with E-state index in [-0.39, 0.29) is 18.1 Å². The number of primary amides is 1. The molecule has 1 aliphatic rings. The van der Waals surface area contributed by atoms with Crippen LogP contribution in [0.15, 0.2) is 28.7 Å². The van der Waals surface area contributed by atoms with Crippen LogP contribution in [0.2, 0.25) is 0 Å². The van der Waals surface area contributed by atoms with Gasteiger partial charge in [-0.2, -0.15) is 0 Å². The van der Waals surface area contributed by atoms with E-state index in [1.165, 1.54) is 0 Å². The van der Waals surface area contributed by atoms with Gasteiger partial charge < -0.3 is 10.5 Å². The minimum atomic E-state index is -0.286. The maximum atomic E-state index is 11.2. The summed E-state index contributed by atoms with van der Waals surface area (Å²) in [7, 11) is 0. The molecule has 18 heavy (non-hydrogen) atoms. The van der Waals surface area contributed by atoms with Gasteiger partial charge in [0.25, 0.3) is 0 Å². The summed E-state index contributed by atoms with van der Waals surface area (Å²) >= 11 is 3.41. The highest BCUT2D eigenvalue weighted by Crippen LogP contribution is 2.24. The summed E-state index contributed by atoms with van der Waals surface area (Å²) in [6.07, 6.45) is 0.00801. The number of amides is 1. The molecule has 4 nitrogen and oxygen atoms in total. The summed E-state index contributed by atoms with van der Waals surface area (Å²) in [5, 5.41) is 0. The Hall–Kier alpha value is -0.910. The molecule has 2 rings (SSSR count). The number of hydrogen-bond donors (Lipinski definition) is 1. The quantitative estimate of drug-likeness (QED) is 0.924. The Morgan fingerprint density at radius 3 is 2.78 bits per heavy atom. The van der Waals surface area contributed by atoms with E-state index in [1.807, 2.05) is 31.2 Å². The van der Waals surface area contributed by atoms with E-state index < -0.39 is 0 Å². The molecule has 2 N–H and O–H groups in total. The second-order valence-electron chi connectivity index (χ2n) is 4.48. The summed E-state index contributed by atoms with van der Waals surface area (Å²) in [6, 6.07) is 7.82. The Morgan fingerprint density at radius 1 is 1.50 bits per heavy atom. The molecule has 1 heterocycles. The summed E-state index contributed by atoms with van der Waals surface area (Å²) in [5.41, 5.74) is 6.47. The third-order valence-corrected chi connectivity index (χ3v) is 3.83. The van der Waals surface area contributed by atoms with Gasteiger partial charge in [0.05, 0.1) is 18.8 Å². The summed E-state index contributed by atoms with van der Waals surface area (Å²) in [6.45, 7) is 3.91. The third kappa shape index (κ3) is 3.10. The van der Waals surface area contributed by atoms with Crippen LogP contribution >= 0.6 is 15.9 Å². The molecule has 0 saturated carbocycles. The molecule has 5 heteroatoms. The van der Waals surface area contributed by atoms with Gasteiger partial charge in [0.1, 0.15) is 0 Å². The predicted molar refractivity (Wildman–Crippen MR) is 73.1 cm³/mol. The van der Waals surface area contributed by atoms with Crippen LogP contribution in [-0.4, -0.2) is 36.5 Å². The van der Waals surface area contributed by atoms with Crippen LogP contribution in [0.5, 0.6) is 0 Å². The van der Waals surface area contributed by atoms with Crippen molar-refractivity contribution in [2.45, 2.75) is 19.1 Å². The monoisotopic (exact) mass is 312 g/mol. The number of nitrogens with zero attached hydrogens (tertiary/aromatic N) is 1. The summed E-state index contributed by atoms with van der Waals surface area (Å²) < 4.78 is 6.80. The first kappa shape index (κ1) is 13.5. The molecule has 1 amide bonds. The number of ether oxygens (including phenoxy) is 1. The molecule has 1 aromatic carbocycles. The van der Waals surface area contributed by atoms with Gasteiger partial charge in [0.2, 0.25) is 5.91 Å². The molecular formula is C13H17BrN2O2. The van der Waals surface area contributed by atoms with E-state index in [4.69, 9.17) is 10.5 Å². The van der Waals surface area contributed by atoms with Gasteiger partial charge in [-0.05, 0) is 24.6 Å². The average molecular weight is 313 g/mol. The first-order chi connectivity index (χ1) is 8.58. The SMILES string of the molecule is C[C@@H](C(N)=O)N1CCO[C@@H](c2ccc(Br)cc2)C1. The highest BCUT2D eigenvalue weighted by molar-refractivity contribution is 9.10. The van der Waals surface area contributed by atoms with E-state index in [9.17, 15) is 4.79 Å². The third-order valence-electron chi connectivity index (χ3n) is 3.30. The van der Waals surface area contributed by atoms with Crippen molar-refractivity contribution in [2.75, 3.05) is 19.7 Å². The van der Waals surface area contributed by atoms with E-state index in [0.29, 0.717) is 13.2 Å². The zero-order valence-electron chi connectivity index (χ0n) is 10.3. The predicted octanol–water partition coefficient (Wildman–Crippen LogP) is 1.70. The number of carbonyl (C=O) groups excluding carboxylic acids is 1. The van der Waals surface area contributed by atoms with Gasteiger partial charge >= 0.3 is 0 Å². The minimum Gasteiger partial charge on any atom is -0.371 e. The Morgan fingerprint density at radius 2 is 2.17 bits per heavy atom. The lowest BCUT2D eigenvalue weighted by molar-refractivity contribution is -0.126. The topological polar surface area (TPSA) is 55.6 Å². The number of carbonyl (C=O) groups is 1. The Bertz CT molecular complexity index is 422. The van der Waals surface area contributed by atoms with Crippen LogP contribution in [0.4, 0.5) is 0 Å². The van der Waals surface area contributed by atoms with Crippen molar-refractivity contribution >= 4 is 21.8 Å². The molecule has 0 bridgehead atoms. The lowest BCUT2D eigenvalue weighted by atomic mass is 10.1. The van der Waals surface area contributed by atoms with Crippen LogP contribution in [0.1, 0.15) is 18.6 Å². The fraction of sp³-hybridized carbons (Fsp3) is 0.462. The van der Waals surface area contributed by atoms with E-state index >= 15 is 0 Å².